The largest absolute Gasteiger partial charge is 0.382 e. The van der Waals surface area contributed by atoms with Gasteiger partial charge in [0, 0.05) is 24.9 Å². The summed E-state index contributed by atoms with van der Waals surface area (Å²) in [5.41, 5.74) is 0.840. The van der Waals surface area contributed by atoms with Gasteiger partial charge in [0.15, 0.2) is 0 Å². The second-order valence-corrected chi connectivity index (χ2v) is 4.87. The Bertz CT molecular complexity index is 351. The zero-order chi connectivity index (χ0) is 11.4. The number of rotatable bonds is 2. The van der Waals surface area contributed by atoms with E-state index in [1.807, 2.05) is 6.07 Å². The van der Waals surface area contributed by atoms with Crippen molar-refractivity contribution in [1.29, 1.82) is 0 Å². The van der Waals surface area contributed by atoms with Gasteiger partial charge in [-0.05, 0) is 53.4 Å². The molecule has 1 atom stereocenters. The molecule has 0 aromatic heterocycles. The molecular formula is C12H15BrFNO. The maximum Gasteiger partial charge on any atom is 0.139 e. The fourth-order valence-corrected chi connectivity index (χ4v) is 2.12. The SMILES string of the molecule is Fc1cc(NC2CCCOCC2)ccc1Br. The first-order valence-electron chi connectivity index (χ1n) is 5.55. The molecule has 1 aliphatic heterocycles. The number of hydrogen-bond donors (Lipinski definition) is 1. The number of halogens is 2. The molecule has 0 aliphatic carbocycles. The van der Waals surface area contributed by atoms with Crippen LogP contribution in [0.4, 0.5) is 10.1 Å². The van der Waals surface area contributed by atoms with Gasteiger partial charge < -0.3 is 10.1 Å². The summed E-state index contributed by atoms with van der Waals surface area (Å²) in [6, 6.07) is 5.53. The summed E-state index contributed by atoms with van der Waals surface area (Å²) >= 11 is 3.14. The van der Waals surface area contributed by atoms with E-state index < -0.39 is 0 Å². The van der Waals surface area contributed by atoms with Crippen molar-refractivity contribution < 1.29 is 9.13 Å². The zero-order valence-corrected chi connectivity index (χ0v) is 10.6. The third kappa shape index (κ3) is 3.19. The molecule has 1 unspecified atom stereocenters. The predicted molar refractivity (Wildman–Crippen MR) is 66.2 cm³/mol. The van der Waals surface area contributed by atoms with E-state index in [9.17, 15) is 4.39 Å². The minimum absolute atomic E-state index is 0.227. The summed E-state index contributed by atoms with van der Waals surface area (Å²) in [5, 5.41) is 3.35. The lowest BCUT2D eigenvalue weighted by Gasteiger charge is -2.17. The van der Waals surface area contributed by atoms with Crippen LogP contribution in [0.5, 0.6) is 0 Å². The highest BCUT2D eigenvalue weighted by molar-refractivity contribution is 9.10. The Hall–Kier alpha value is -0.610. The average Bonchev–Trinajstić information content (AvgIpc) is 2.52. The Morgan fingerprint density at radius 2 is 2.19 bits per heavy atom. The highest BCUT2D eigenvalue weighted by atomic mass is 79.9. The first-order chi connectivity index (χ1) is 7.75. The molecule has 1 aromatic carbocycles. The summed E-state index contributed by atoms with van der Waals surface area (Å²) < 4.78 is 19.2. The van der Waals surface area contributed by atoms with Crippen molar-refractivity contribution in [3.63, 3.8) is 0 Å². The first-order valence-corrected chi connectivity index (χ1v) is 6.34. The summed E-state index contributed by atoms with van der Waals surface area (Å²) in [4.78, 5) is 0. The van der Waals surface area contributed by atoms with Crippen LogP contribution < -0.4 is 5.32 Å². The van der Waals surface area contributed by atoms with Crippen LogP contribution in [-0.2, 0) is 4.74 Å². The minimum atomic E-state index is -0.227. The number of ether oxygens (including phenoxy) is 1. The van der Waals surface area contributed by atoms with Gasteiger partial charge in [-0.3, -0.25) is 0 Å². The van der Waals surface area contributed by atoms with Crippen molar-refractivity contribution in [3.8, 4) is 0 Å². The Labute approximate surface area is 103 Å². The monoisotopic (exact) mass is 287 g/mol. The van der Waals surface area contributed by atoms with Crippen LogP contribution in [0.15, 0.2) is 22.7 Å². The summed E-state index contributed by atoms with van der Waals surface area (Å²) in [5.74, 6) is -0.227. The van der Waals surface area contributed by atoms with Crippen LogP contribution >= 0.6 is 15.9 Å². The molecule has 1 heterocycles. The summed E-state index contributed by atoms with van der Waals surface area (Å²) in [6.45, 7) is 1.63. The molecule has 0 radical (unpaired) electrons. The Kier molecular flexibility index (Phi) is 4.18. The summed E-state index contributed by atoms with van der Waals surface area (Å²) in [6.07, 6.45) is 3.13. The van der Waals surface area contributed by atoms with Crippen molar-refractivity contribution in [2.24, 2.45) is 0 Å². The van der Waals surface area contributed by atoms with E-state index in [-0.39, 0.29) is 5.82 Å². The molecule has 88 valence electrons. The van der Waals surface area contributed by atoms with Crippen LogP contribution in [0.3, 0.4) is 0 Å². The molecule has 1 fully saturated rings. The molecule has 1 aliphatic rings. The van der Waals surface area contributed by atoms with Gasteiger partial charge in [-0.15, -0.1) is 0 Å². The zero-order valence-electron chi connectivity index (χ0n) is 9.01. The van der Waals surface area contributed by atoms with Crippen molar-refractivity contribution in [2.75, 3.05) is 18.5 Å². The van der Waals surface area contributed by atoms with E-state index in [0.29, 0.717) is 10.5 Å². The quantitative estimate of drug-likeness (QED) is 0.898. The lowest BCUT2D eigenvalue weighted by Crippen LogP contribution is -2.19. The van der Waals surface area contributed by atoms with Crippen molar-refractivity contribution >= 4 is 21.6 Å². The number of nitrogens with one attached hydrogen (secondary N) is 1. The fourth-order valence-electron chi connectivity index (χ4n) is 1.87. The van der Waals surface area contributed by atoms with Crippen molar-refractivity contribution in [2.45, 2.75) is 25.3 Å². The van der Waals surface area contributed by atoms with E-state index in [4.69, 9.17) is 4.74 Å². The molecule has 1 N–H and O–H groups in total. The maximum absolute atomic E-state index is 13.3. The molecule has 0 saturated carbocycles. The molecular weight excluding hydrogens is 273 g/mol. The van der Waals surface area contributed by atoms with Gasteiger partial charge in [0.05, 0.1) is 4.47 Å². The number of anilines is 1. The smallest absolute Gasteiger partial charge is 0.139 e. The molecule has 2 nitrogen and oxygen atoms in total. The Morgan fingerprint density at radius 3 is 3.00 bits per heavy atom. The molecule has 0 bridgehead atoms. The van der Waals surface area contributed by atoms with Crippen LogP contribution in [0.1, 0.15) is 19.3 Å². The van der Waals surface area contributed by atoms with Gasteiger partial charge >= 0.3 is 0 Å². The van der Waals surface area contributed by atoms with Crippen molar-refractivity contribution in [3.05, 3.63) is 28.5 Å². The van der Waals surface area contributed by atoms with Gasteiger partial charge in [-0.2, -0.15) is 0 Å². The van der Waals surface area contributed by atoms with E-state index in [1.165, 1.54) is 6.07 Å². The third-order valence-electron chi connectivity index (χ3n) is 2.74. The van der Waals surface area contributed by atoms with E-state index in [2.05, 4.69) is 21.2 Å². The van der Waals surface area contributed by atoms with E-state index in [1.54, 1.807) is 6.07 Å². The maximum atomic E-state index is 13.3. The first kappa shape index (κ1) is 11.9. The Balaban J connectivity index is 1.99. The lowest BCUT2D eigenvalue weighted by molar-refractivity contribution is 0.144. The molecule has 0 amide bonds. The highest BCUT2D eigenvalue weighted by Gasteiger charge is 2.12. The predicted octanol–water partition coefficient (Wildman–Crippen LogP) is 3.57. The second-order valence-electron chi connectivity index (χ2n) is 4.01. The second kappa shape index (κ2) is 5.64. The lowest BCUT2D eigenvalue weighted by atomic mass is 10.1. The average molecular weight is 288 g/mol. The molecule has 1 aromatic rings. The topological polar surface area (TPSA) is 21.3 Å². The number of hydrogen-bond acceptors (Lipinski definition) is 2. The van der Waals surface area contributed by atoms with Gasteiger partial charge in [-0.1, -0.05) is 0 Å². The van der Waals surface area contributed by atoms with Gasteiger partial charge in [-0.25, -0.2) is 4.39 Å². The minimum Gasteiger partial charge on any atom is -0.382 e. The van der Waals surface area contributed by atoms with E-state index in [0.717, 1.165) is 38.2 Å². The normalized spacial score (nSPS) is 21.5. The fraction of sp³-hybridized carbons (Fsp3) is 0.500. The molecule has 16 heavy (non-hydrogen) atoms. The molecule has 0 spiro atoms. The van der Waals surface area contributed by atoms with Crippen molar-refractivity contribution in [1.82, 2.24) is 0 Å². The third-order valence-corrected chi connectivity index (χ3v) is 3.39. The molecule has 2 rings (SSSR count). The van der Waals surface area contributed by atoms with Gasteiger partial charge in [0.1, 0.15) is 5.82 Å². The molecule has 4 heteroatoms. The van der Waals surface area contributed by atoms with Crippen LogP contribution in [0.25, 0.3) is 0 Å². The van der Waals surface area contributed by atoms with Crippen LogP contribution in [0.2, 0.25) is 0 Å². The standard InChI is InChI=1S/C12H15BrFNO/c13-11-4-3-10(8-12(11)14)15-9-2-1-6-16-7-5-9/h3-4,8-9,15H,1-2,5-7H2. The highest BCUT2D eigenvalue weighted by Crippen LogP contribution is 2.21. The van der Waals surface area contributed by atoms with Crippen LogP contribution in [0, 0.1) is 5.82 Å². The summed E-state index contributed by atoms with van der Waals surface area (Å²) in [7, 11) is 0. The molecule has 1 saturated heterocycles. The number of benzene rings is 1. The Morgan fingerprint density at radius 1 is 1.31 bits per heavy atom. The van der Waals surface area contributed by atoms with Gasteiger partial charge in [0.2, 0.25) is 0 Å². The van der Waals surface area contributed by atoms with Gasteiger partial charge in [0.25, 0.3) is 0 Å². The van der Waals surface area contributed by atoms with Crippen LogP contribution in [-0.4, -0.2) is 19.3 Å². The van der Waals surface area contributed by atoms with E-state index >= 15 is 0 Å².